The summed E-state index contributed by atoms with van der Waals surface area (Å²) >= 11 is 0. The summed E-state index contributed by atoms with van der Waals surface area (Å²) in [6, 6.07) is 0. The summed E-state index contributed by atoms with van der Waals surface area (Å²) in [5, 5.41) is 4.29. The molecule has 1 heterocycles. The molecule has 0 aromatic carbocycles. The van der Waals surface area contributed by atoms with Crippen LogP contribution in [0.1, 0.15) is 30.8 Å². The zero-order chi connectivity index (χ0) is 10.9. The Balaban J connectivity index is 3.38. The van der Waals surface area contributed by atoms with Gasteiger partial charge in [0.2, 0.25) is 6.08 Å². The van der Waals surface area contributed by atoms with E-state index in [1.54, 1.807) is 10.8 Å². The molecule has 0 unspecified atom stereocenters. The van der Waals surface area contributed by atoms with Crippen LogP contribution in [0.4, 0.5) is 0 Å². The molecule has 0 spiro atoms. The average Bonchev–Trinajstić information content (AvgIpc) is 2.26. The molecule has 0 radical (unpaired) electrons. The summed E-state index contributed by atoms with van der Waals surface area (Å²) in [4.78, 5) is 14.1. The van der Waals surface area contributed by atoms with Crippen molar-refractivity contribution in [1.29, 1.82) is 0 Å². The van der Waals surface area contributed by atoms with Crippen LogP contribution < -0.4 is 0 Å². The van der Waals surface area contributed by atoms with Crippen LogP contribution in [0.25, 0.3) is 0 Å². The minimum Gasteiger partial charge on any atom is -0.272 e. The zero-order valence-corrected chi connectivity index (χ0v) is 9.25. The lowest BCUT2D eigenvalue weighted by Gasteiger charge is -2.17. The van der Waals surface area contributed by atoms with Crippen LogP contribution in [0.3, 0.4) is 0 Å². The molecule has 0 amide bonds. The zero-order valence-electron chi connectivity index (χ0n) is 9.25. The van der Waals surface area contributed by atoms with Gasteiger partial charge in [0.1, 0.15) is 0 Å². The monoisotopic (exact) mass is 193 g/mol. The normalized spacial score (nSPS) is 11.2. The highest BCUT2D eigenvalue weighted by Crippen LogP contribution is 2.29. The van der Waals surface area contributed by atoms with Crippen LogP contribution >= 0.6 is 0 Å². The van der Waals surface area contributed by atoms with E-state index in [-0.39, 0.29) is 0 Å². The van der Waals surface area contributed by atoms with Crippen LogP contribution in [-0.2, 0) is 17.4 Å². The van der Waals surface area contributed by atoms with Gasteiger partial charge in [-0.3, -0.25) is 4.68 Å². The van der Waals surface area contributed by atoms with Crippen LogP contribution in [-0.4, -0.2) is 15.9 Å². The van der Waals surface area contributed by atoms with E-state index in [0.29, 0.717) is 0 Å². The van der Waals surface area contributed by atoms with Gasteiger partial charge in [-0.1, -0.05) is 0 Å². The van der Waals surface area contributed by atoms with E-state index >= 15 is 0 Å². The molecule has 0 fully saturated rings. The first-order valence-electron chi connectivity index (χ1n) is 4.50. The molecule has 0 atom stereocenters. The third-order valence-corrected chi connectivity index (χ3v) is 2.45. The lowest BCUT2D eigenvalue weighted by molar-refractivity contribution is 0.518. The van der Waals surface area contributed by atoms with E-state index < -0.39 is 5.54 Å². The number of aliphatic imine (C=N–C) groups is 1. The van der Waals surface area contributed by atoms with Crippen molar-refractivity contribution in [2.24, 2.45) is 12.0 Å². The quantitative estimate of drug-likeness (QED) is 0.529. The van der Waals surface area contributed by atoms with Crippen molar-refractivity contribution in [3.05, 3.63) is 17.0 Å². The highest BCUT2D eigenvalue weighted by molar-refractivity contribution is 5.39. The molecule has 0 aliphatic carbocycles. The van der Waals surface area contributed by atoms with Crippen molar-refractivity contribution < 1.29 is 4.79 Å². The van der Waals surface area contributed by atoms with Gasteiger partial charge in [-0.2, -0.15) is 10.1 Å². The first-order chi connectivity index (χ1) is 6.40. The number of isocyanates is 1. The summed E-state index contributed by atoms with van der Waals surface area (Å²) < 4.78 is 1.80. The Kier molecular flexibility index (Phi) is 2.58. The number of aromatic nitrogens is 2. The fourth-order valence-corrected chi connectivity index (χ4v) is 1.83. The fraction of sp³-hybridized carbons (Fsp3) is 0.600. The van der Waals surface area contributed by atoms with Gasteiger partial charge < -0.3 is 0 Å². The van der Waals surface area contributed by atoms with Crippen LogP contribution in [0.5, 0.6) is 0 Å². The highest BCUT2D eigenvalue weighted by Gasteiger charge is 2.26. The SMILES string of the molecule is Cc1nn(C)c(C)c1C(C)(C)N=C=O. The molecule has 0 saturated carbocycles. The summed E-state index contributed by atoms with van der Waals surface area (Å²) in [6.07, 6.45) is 1.61. The number of hydrogen-bond donors (Lipinski definition) is 0. The number of carbonyl (C=O) groups excluding carboxylic acids is 1. The summed E-state index contributed by atoms with van der Waals surface area (Å²) in [5.41, 5.74) is 2.41. The first-order valence-corrected chi connectivity index (χ1v) is 4.50. The number of hydrogen-bond acceptors (Lipinski definition) is 3. The summed E-state index contributed by atoms with van der Waals surface area (Å²) in [7, 11) is 1.88. The van der Waals surface area contributed by atoms with Crippen LogP contribution in [0.2, 0.25) is 0 Å². The highest BCUT2D eigenvalue weighted by atomic mass is 16.1. The predicted octanol–water partition coefficient (Wildman–Crippen LogP) is 1.61. The minimum atomic E-state index is -0.538. The van der Waals surface area contributed by atoms with Crippen LogP contribution in [0.15, 0.2) is 4.99 Å². The van der Waals surface area contributed by atoms with Crippen molar-refractivity contribution in [3.63, 3.8) is 0 Å². The summed E-state index contributed by atoms with van der Waals surface area (Å²) in [5.74, 6) is 0. The number of nitrogens with zero attached hydrogens (tertiary/aromatic N) is 3. The topological polar surface area (TPSA) is 47.2 Å². The Morgan fingerprint density at radius 2 is 2.00 bits per heavy atom. The maximum Gasteiger partial charge on any atom is 0.235 e. The molecule has 14 heavy (non-hydrogen) atoms. The van der Waals surface area contributed by atoms with Gasteiger partial charge in [0, 0.05) is 18.3 Å². The maximum atomic E-state index is 10.3. The van der Waals surface area contributed by atoms with Gasteiger partial charge in [-0.25, -0.2) is 4.79 Å². The number of aryl methyl sites for hydroxylation is 2. The lowest BCUT2D eigenvalue weighted by atomic mass is 9.93. The Morgan fingerprint density at radius 3 is 2.36 bits per heavy atom. The molecule has 0 bridgehead atoms. The standard InChI is InChI=1S/C10H15N3O/c1-7-9(8(2)13(5)12-7)10(3,4)11-6-14/h1-5H3. The van der Waals surface area contributed by atoms with Crippen molar-refractivity contribution >= 4 is 6.08 Å². The molecule has 4 heteroatoms. The molecule has 1 aromatic rings. The van der Waals surface area contributed by atoms with Crippen molar-refractivity contribution in [2.45, 2.75) is 33.2 Å². The molecular weight excluding hydrogens is 178 g/mol. The molecule has 0 saturated heterocycles. The fourth-order valence-electron chi connectivity index (χ4n) is 1.83. The van der Waals surface area contributed by atoms with Crippen molar-refractivity contribution in [3.8, 4) is 0 Å². The van der Waals surface area contributed by atoms with Gasteiger partial charge in [0.25, 0.3) is 0 Å². The van der Waals surface area contributed by atoms with E-state index in [1.807, 2.05) is 34.7 Å². The molecule has 0 aliphatic heterocycles. The van der Waals surface area contributed by atoms with Gasteiger partial charge in [-0.15, -0.1) is 0 Å². The Morgan fingerprint density at radius 1 is 1.43 bits per heavy atom. The van der Waals surface area contributed by atoms with Crippen molar-refractivity contribution in [1.82, 2.24) is 9.78 Å². The predicted molar refractivity (Wildman–Crippen MR) is 53.8 cm³/mol. The molecule has 76 valence electrons. The van der Waals surface area contributed by atoms with Gasteiger partial charge in [-0.05, 0) is 27.7 Å². The van der Waals surface area contributed by atoms with E-state index in [1.165, 1.54) is 0 Å². The average molecular weight is 193 g/mol. The first kappa shape index (κ1) is 10.7. The molecule has 0 aliphatic rings. The van der Waals surface area contributed by atoms with Gasteiger partial charge >= 0.3 is 0 Å². The van der Waals surface area contributed by atoms with E-state index in [2.05, 4.69) is 10.1 Å². The third-order valence-electron chi connectivity index (χ3n) is 2.45. The third kappa shape index (κ3) is 1.61. The second kappa shape index (κ2) is 3.39. The minimum absolute atomic E-state index is 0.538. The smallest absolute Gasteiger partial charge is 0.235 e. The molecule has 0 N–H and O–H groups in total. The van der Waals surface area contributed by atoms with Gasteiger partial charge in [0.15, 0.2) is 0 Å². The van der Waals surface area contributed by atoms with Crippen LogP contribution in [0, 0.1) is 13.8 Å². The maximum absolute atomic E-state index is 10.3. The van der Waals surface area contributed by atoms with E-state index in [0.717, 1.165) is 17.0 Å². The molecule has 4 nitrogen and oxygen atoms in total. The Bertz CT molecular complexity index is 398. The second-order valence-electron chi connectivity index (χ2n) is 3.93. The summed E-state index contributed by atoms with van der Waals surface area (Å²) in [6.45, 7) is 7.66. The lowest BCUT2D eigenvalue weighted by Crippen LogP contribution is -2.15. The molecule has 1 rings (SSSR count). The Labute approximate surface area is 83.7 Å². The second-order valence-corrected chi connectivity index (χ2v) is 3.93. The van der Waals surface area contributed by atoms with E-state index in [4.69, 9.17) is 0 Å². The van der Waals surface area contributed by atoms with E-state index in [9.17, 15) is 4.79 Å². The van der Waals surface area contributed by atoms with Crippen molar-refractivity contribution in [2.75, 3.05) is 0 Å². The molecule has 1 aromatic heterocycles. The largest absolute Gasteiger partial charge is 0.272 e. The number of rotatable bonds is 2. The Hall–Kier alpha value is -1.41. The molecular formula is C10H15N3O. The van der Waals surface area contributed by atoms with Gasteiger partial charge in [0.05, 0.1) is 11.2 Å².